The first-order valence-corrected chi connectivity index (χ1v) is 9.67. The van der Waals surface area contributed by atoms with E-state index in [-0.39, 0.29) is 11.4 Å². The Labute approximate surface area is 158 Å². The zero-order valence-corrected chi connectivity index (χ0v) is 16.1. The van der Waals surface area contributed by atoms with Gasteiger partial charge in [0.25, 0.3) is 0 Å². The molecule has 0 aliphatic carbocycles. The largest absolute Gasteiger partial charge is 0.320 e. The number of nitrogens with zero attached hydrogens (tertiary/aromatic N) is 5. The van der Waals surface area contributed by atoms with Gasteiger partial charge in [-0.25, -0.2) is 8.42 Å². The topological polar surface area (TPSA) is 91.9 Å². The molecule has 3 aromatic rings. The van der Waals surface area contributed by atoms with Crippen LogP contribution in [0, 0.1) is 18.3 Å². The molecule has 0 spiro atoms. The van der Waals surface area contributed by atoms with Gasteiger partial charge in [-0.05, 0) is 47.9 Å². The summed E-state index contributed by atoms with van der Waals surface area (Å²) >= 11 is 0. The second kappa shape index (κ2) is 7.31. The number of aromatic nitrogens is 3. The molecular weight excluding hydrogens is 362 g/mol. The van der Waals surface area contributed by atoms with E-state index in [1.54, 1.807) is 41.9 Å². The van der Waals surface area contributed by atoms with Crippen LogP contribution in [0.3, 0.4) is 0 Å². The van der Waals surface area contributed by atoms with Gasteiger partial charge >= 0.3 is 0 Å². The highest BCUT2D eigenvalue weighted by atomic mass is 32.2. The Kier molecular flexibility index (Phi) is 5.08. The average molecular weight is 381 g/mol. The summed E-state index contributed by atoms with van der Waals surface area (Å²) in [6.45, 7) is 2.00. The average Bonchev–Trinajstić information content (AvgIpc) is 3.06. The van der Waals surface area contributed by atoms with Crippen molar-refractivity contribution in [2.24, 2.45) is 7.05 Å². The Hall–Kier alpha value is -3.02. The SMILES string of the molecule is Cc1cc(S(=O)(=O)N(C)Cc2nncn2C)ccc1-c1ccc(C#N)cc1. The molecule has 1 heterocycles. The lowest BCUT2D eigenvalue weighted by molar-refractivity contribution is 0.450. The lowest BCUT2D eigenvalue weighted by Gasteiger charge is -2.17. The van der Waals surface area contributed by atoms with E-state index in [1.807, 2.05) is 19.1 Å². The van der Waals surface area contributed by atoms with Crippen LogP contribution >= 0.6 is 0 Å². The van der Waals surface area contributed by atoms with Crippen molar-refractivity contribution < 1.29 is 8.42 Å². The van der Waals surface area contributed by atoms with E-state index in [9.17, 15) is 8.42 Å². The molecule has 0 unspecified atom stereocenters. The van der Waals surface area contributed by atoms with Gasteiger partial charge in [-0.3, -0.25) is 0 Å². The van der Waals surface area contributed by atoms with E-state index in [1.165, 1.54) is 17.7 Å². The molecule has 0 radical (unpaired) electrons. The van der Waals surface area contributed by atoms with E-state index in [4.69, 9.17) is 5.26 Å². The lowest BCUT2D eigenvalue weighted by Crippen LogP contribution is -2.27. The summed E-state index contributed by atoms with van der Waals surface area (Å²) in [5, 5.41) is 16.6. The maximum Gasteiger partial charge on any atom is 0.243 e. The second-order valence-corrected chi connectivity index (χ2v) is 8.33. The van der Waals surface area contributed by atoms with Gasteiger partial charge in [0.05, 0.1) is 23.1 Å². The van der Waals surface area contributed by atoms with Gasteiger partial charge in [0.15, 0.2) is 0 Å². The molecule has 0 N–H and O–H groups in total. The highest BCUT2D eigenvalue weighted by Crippen LogP contribution is 2.27. The van der Waals surface area contributed by atoms with Crippen LogP contribution < -0.4 is 0 Å². The quantitative estimate of drug-likeness (QED) is 0.677. The third kappa shape index (κ3) is 3.74. The van der Waals surface area contributed by atoms with Gasteiger partial charge in [0.1, 0.15) is 12.2 Å². The predicted octanol–water partition coefficient (Wildman–Crippen LogP) is 2.48. The summed E-state index contributed by atoms with van der Waals surface area (Å²) in [5.74, 6) is 0.562. The van der Waals surface area contributed by atoms with Crippen molar-refractivity contribution in [2.45, 2.75) is 18.4 Å². The molecule has 27 heavy (non-hydrogen) atoms. The molecule has 0 saturated heterocycles. The Balaban J connectivity index is 1.89. The van der Waals surface area contributed by atoms with Crippen LogP contribution in [0.5, 0.6) is 0 Å². The summed E-state index contributed by atoms with van der Waals surface area (Å²) in [7, 11) is -0.363. The van der Waals surface area contributed by atoms with Crippen LogP contribution in [0.15, 0.2) is 53.7 Å². The van der Waals surface area contributed by atoms with Crippen molar-refractivity contribution in [3.8, 4) is 17.2 Å². The van der Waals surface area contributed by atoms with Gasteiger partial charge < -0.3 is 4.57 Å². The predicted molar refractivity (Wildman–Crippen MR) is 101 cm³/mol. The van der Waals surface area contributed by atoms with Crippen molar-refractivity contribution in [1.29, 1.82) is 5.26 Å². The van der Waals surface area contributed by atoms with Crippen molar-refractivity contribution in [3.05, 3.63) is 65.7 Å². The summed E-state index contributed by atoms with van der Waals surface area (Å²) in [4.78, 5) is 0.224. The van der Waals surface area contributed by atoms with Crippen molar-refractivity contribution in [1.82, 2.24) is 19.1 Å². The summed E-state index contributed by atoms with van der Waals surface area (Å²) < 4.78 is 28.7. The number of rotatable bonds is 5. The van der Waals surface area contributed by atoms with Crippen LogP contribution in [0.1, 0.15) is 17.0 Å². The number of nitriles is 1. The highest BCUT2D eigenvalue weighted by Gasteiger charge is 2.23. The van der Waals surface area contributed by atoms with E-state index in [0.717, 1.165) is 16.7 Å². The minimum atomic E-state index is -3.65. The highest BCUT2D eigenvalue weighted by molar-refractivity contribution is 7.89. The Morgan fingerprint density at radius 2 is 1.89 bits per heavy atom. The van der Waals surface area contributed by atoms with Crippen LogP contribution in [-0.4, -0.2) is 34.5 Å². The fraction of sp³-hybridized carbons (Fsp3) is 0.211. The fourth-order valence-electron chi connectivity index (χ4n) is 2.76. The van der Waals surface area contributed by atoms with Gasteiger partial charge in [-0.1, -0.05) is 18.2 Å². The molecule has 138 valence electrons. The molecule has 0 fully saturated rings. The first-order chi connectivity index (χ1) is 12.8. The monoisotopic (exact) mass is 381 g/mol. The molecular formula is C19H19N5O2S. The minimum Gasteiger partial charge on any atom is -0.320 e. The number of aryl methyl sites for hydroxylation is 2. The molecule has 0 aliphatic rings. The third-order valence-electron chi connectivity index (χ3n) is 4.40. The number of sulfonamides is 1. The van der Waals surface area contributed by atoms with Crippen LogP contribution in [-0.2, 0) is 23.6 Å². The maximum absolute atomic E-state index is 12.9. The van der Waals surface area contributed by atoms with Crippen molar-refractivity contribution in [2.75, 3.05) is 7.05 Å². The third-order valence-corrected chi connectivity index (χ3v) is 6.20. The summed E-state index contributed by atoms with van der Waals surface area (Å²) in [6.07, 6.45) is 1.53. The lowest BCUT2D eigenvalue weighted by atomic mass is 10.00. The van der Waals surface area contributed by atoms with Gasteiger partial charge in [-0.15, -0.1) is 10.2 Å². The van der Waals surface area contributed by atoms with E-state index < -0.39 is 10.0 Å². The molecule has 2 aromatic carbocycles. The first kappa shape index (κ1) is 18.8. The maximum atomic E-state index is 12.9. The molecule has 0 amide bonds. The Morgan fingerprint density at radius 3 is 2.44 bits per heavy atom. The number of hydrogen-bond donors (Lipinski definition) is 0. The molecule has 7 nitrogen and oxygen atoms in total. The molecule has 0 atom stereocenters. The van der Waals surface area contributed by atoms with Gasteiger partial charge in [-0.2, -0.15) is 9.57 Å². The van der Waals surface area contributed by atoms with Crippen LogP contribution in [0.2, 0.25) is 0 Å². The number of benzene rings is 2. The molecule has 0 bridgehead atoms. The molecule has 3 rings (SSSR count). The van der Waals surface area contributed by atoms with Crippen molar-refractivity contribution >= 4 is 10.0 Å². The summed E-state index contributed by atoms with van der Waals surface area (Å²) in [6, 6.07) is 14.3. The smallest absolute Gasteiger partial charge is 0.243 e. The number of hydrogen-bond acceptors (Lipinski definition) is 5. The Morgan fingerprint density at radius 1 is 1.19 bits per heavy atom. The molecule has 0 aliphatic heterocycles. The summed E-state index contributed by atoms with van der Waals surface area (Å²) in [5.41, 5.74) is 3.28. The van der Waals surface area contributed by atoms with Gasteiger partial charge in [0, 0.05) is 14.1 Å². The normalized spacial score (nSPS) is 11.5. The Bertz CT molecular complexity index is 1110. The van der Waals surface area contributed by atoms with Crippen LogP contribution in [0.25, 0.3) is 11.1 Å². The van der Waals surface area contributed by atoms with Crippen molar-refractivity contribution in [3.63, 3.8) is 0 Å². The first-order valence-electron chi connectivity index (χ1n) is 8.23. The molecule has 8 heteroatoms. The zero-order chi connectivity index (χ0) is 19.6. The molecule has 0 saturated carbocycles. The van der Waals surface area contributed by atoms with E-state index >= 15 is 0 Å². The molecule has 1 aromatic heterocycles. The standard InChI is InChI=1S/C19H19N5O2S/c1-14-10-17(8-9-18(14)16-6-4-15(11-20)5-7-16)27(25,26)24(3)12-19-22-21-13-23(19)2/h4-10,13H,12H2,1-3H3. The van der Waals surface area contributed by atoms with E-state index in [2.05, 4.69) is 16.3 Å². The second-order valence-electron chi connectivity index (χ2n) is 6.29. The zero-order valence-electron chi connectivity index (χ0n) is 15.3. The minimum absolute atomic E-state index is 0.134. The van der Waals surface area contributed by atoms with E-state index in [0.29, 0.717) is 11.4 Å². The van der Waals surface area contributed by atoms with Crippen LogP contribution in [0.4, 0.5) is 0 Å². The fourth-order valence-corrected chi connectivity index (χ4v) is 3.97. The van der Waals surface area contributed by atoms with Gasteiger partial charge in [0.2, 0.25) is 10.0 Å².